The van der Waals surface area contributed by atoms with E-state index in [0.29, 0.717) is 55.9 Å². The van der Waals surface area contributed by atoms with Gasteiger partial charge in [-0.2, -0.15) is 0 Å². The topological polar surface area (TPSA) is 170 Å². The molecule has 6 unspecified atom stereocenters. The van der Waals surface area contributed by atoms with Crippen LogP contribution in [0.25, 0.3) is 10.8 Å². The Kier molecular flexibility index (Phi) is 9.16. The molecule has 2 heterocycles. The number of carboxylic acid groups (broad SMARTS) is 2. The smallest absolute Gasteiger partial charge is 0.303 e. The molecule has 11 heteroatoms. The number of unbranched alkanes of at least 4 members (excludes halogenated alkanes) is 4. The van der Waals surface area contributed by atoms with E-state index < -0.39 is 47.4 Å². The number of amides is 4. The maximum Gasteiger partial charge on any atom is 0.303 e. The summed E-state index contributed by atoms with van der Waals surface area (Å²) in [6.45, 7) is 0.379. The van der Waals surface area contributed by atoms with Crippen LogP contribution >= 0.6 is 0 Å². The molecule has 47 heavy (non-hydrogen) atoms. The standard InChI is InChI=1S/C36H40N2O9/c39-27(40)11-3-1-7-17-37-33(44)24-16-15-22-25(30(24)35(37)46)19-26-31(36(47)38(34(26)45)18-8-2-4-12-28(41)42)29(22)23-14-13-20-9-5-6-10-21(20)32(23)43/h5-6,9-10,13-15,24-26,29-31,43H,1-4,7-8,11-12,16-19H2,(H,39,40)(H,41,42). The van der Waals surface area contributed by atoms with Crippen molar-refractivity contribution in [2.24, 2.45) is 29.6 Å². The molecular formula is C36H40N2O9. The Labute approximate surface area is 272 Å². The quantitative estimate of drug-likeness (QED) is 0.162. The summed E-state index contributed by atoms with van der Waals surface area (Å²) >= 11 is 0. The number of allylic oxidation sites excluding steroid dienone is 2. The van der Waals surface area contributed by atoms with Gasteiger partial charge < -0.3 is 15.3 Å². The van der Waals surface area contributed by atoms with Gasteiger partial charge in [0.15, 0.2) is 0 Å². The van der Waals surface area contributed by atoms with Crippen molar-refractivity contribution < 1.29 is 44.1 Å². The number of carboxylic acids is 2. The van der Waals surface area contributed by atoms with Crippen LogP contribution in [0.3, 0.4) is 0 Å². The largest absolute Gasteiger partial charge is 0.507 e. The summed E-state index contributed by atoms with van der Waals surface area (Å²) in [5, 5.41) is 30.9. The van der Waals surface area contributed by atoms with E-state index in [9.17, 15) is 33.9 Å². The predicted octanol–water partition coefficient (Wildman–Crippen LogP) is 4.47. The number of hydrogen-bond acceptors (Lipinski definition) is 7. The van der Waals surface area contributed by atoms with Crippen LogP contribution in [0.1, 0.15) is 75.7 Å². The first kappa shape index (κ1) is 32.4. The first-order chi connectivity index (χ1) is 22.6. The Balaban J connectivity index is 1.31. The van der Waals surface area contributed by atoms with Crippen molar-refractivity contribution in [2.45, 2.75) is 70.1 Å². The van der Waals surface area contributed by atoms with Crippen LogP contribution in [-0.2, 0) is 28.8 Å². The first-order valence-corrected chi connectivity index (χ1v) is 16.6. The van der Waals surface area contributed by atoms with Crippen LogP contribution in [0.2, 0.25) is 0 Å². The summed E-state index contributed by atoms with van der Waals surface area (Å²) in [7, 11) is 0. The Hall–Kier alpha value is -4.54. The van der Waals surface area contributed by atoms with Gasteiger partial charge in [0.05, 0.1) is 23.7 Å². The lowest BCUT2D eigenvalue weighted by atomic mass is 9.57. The van der Waals surface area contributed by atoms with Crippen molar-refractivity contribution in [3.63, 3.8) is 0 Å². The minimum absolute atomic E-state index is 0.0148. The highest BCUT2D eigenvalue weighted by molar-refractivity contribution is 6.08. The highest BCUT2D eigenvalue weighted by Gasteiger charge is 2.62. The number of phenols is 1. The molecule has 6 atom stereocenters. The van der Waals surface area contributed by atoms with Crippen molar-refractivity contribution in [1.29, 1.82) is 0 Å². The Morgan fingerprint density at radius 3 is 1.91 bits per heavy atom. The van der Waals surface area contributed by atoms with Gasteiger partial charge in [0.2, 0.25) is 23.6 Å². The molecule has 1 saturated carbocycles. The normalized spacial score (nSPS) is 26.8. The third-order valence-corrected chi connectivity index (χ3v) is 10.6. The number of carbonyl (C=O) groups excluding carboxylic acids is 4. The maximum absolute atomic E-state index is 14.1. The molecule has 11 nitrogen and oxygen atoms in total. The van der Waals surface area contributed by atoms with Crippen LogP contribution in [-0.4, -0.2) is 73.8 Å². The number of carbonyl (C=O) groups is 6. The molecule has 0 radical (unpaired) electrons. The highest BCUT2D eigenvalue weighted by atomic mass is 16.4. The highest BCUT2D eigenvalue weighted by Crippen LogP contribution is 2.59. The average molecular weight is 645 g/mol. The lowest BCUT2D eigenvalue weighted by Gasteiger charge is -2.44. The number of aromatic hydroxyl groups is 1. The van der Waals surface area contributed by atoms with E-state index >= 15 is 0 Å². The van der Waals surface area contributed by atoms with Crippen molar-refractivity contribution in [1.82, 2.24) is 9.80 Å². The molecule has 248 valence electrons. The molecule has 0 aromatic heterocycles. The average Bonchev–Trinajstić information content (AvgIpc) is 3.43. The van der Waals surface area contributed by atoms with Gasteiger partial charge in [-0.3, -0.25) is 38.6 Å². The molecule has 3 N–H and O–H groups in total. The summed E-state index contributed by atoms with van der Waals surface area (Å²) in [5.74, 6) is -6.83. The van der Waals surface area contributed by atoms with E-state index in [1.165, 1.54) is 9.80 Å². The lowest BCUT2D eigenvalue weighted by Crippen LogP contribution is -2.43. The Morgan fingerprint density at radius 2 is 1.28 bits per heavy atom. The van der Waals surface area contributed by atoms with Crippen LogP contribution in [0.5, 0.6) is 5.75 Å². The van der Waals surface area contributed by atoms with Crippen LogP contribution in [0.4, 0.5) is 0 Å². The van der Waals surface area contributed by atoms with Gasteiger partial charge in [0.25, 0.3) is 0 Å². The second-order valence-corrected chi connectivity index (χ2v) is 13.3. The number of fused-ring (bicyclic) bond motifs is 5. The zero-order valence-electron chi connectivity index (χ0n) is 26.2. The number of likely N-dealkylation sites (tertiary alicyclic amines) is 2. The number of aliphatic carboxylic acids is 2. The SMILES string of the molecule is O=C(O)CCCCCN1C(=O)C2CC=C3C(CC4C(=O)N(CCCCCC(=O)O)C(=O)C4C3c3ccc4ccccc4c3O)C2C1=O. The predicted molar refractivity (Wildman–Crippen MR) is 169 cm³/mol. The number of rotatable bonds is 13. The van der Waals surface area contributed by atoms with E-state index in [0.717, 1.165) is 11.0 Å². The second kappa shape index (κ2) is 13.3. The second-order valence-electron chi connectivity index (χ2n) is 13.3. The lowest BCUT2D eigenvalue weighted by molar-refractivity contribution is -0.142. The number of benzene rings is 2. The molecule has 0 spiro atoms. The summed E-state index contributed by atoms with van der Waals surface area (Å²) in [6.07, 6.45) is 5.55. The zero-order chi connectivity index (χ0) is 33.4. The van der Waals surface area contributed by atoms with Crippen LogP contribution in [0, 0.1) is 29.6 Å². The molecule has 2 saturated heterocycles. The van der Waals surface area contributed by atoms with Gasteiger partial charge in [0.1, 0.15) is 5.75 Å². The molecule has 2 aliphatic heterocycles. The fourth-order valence-electron chi connectivity index (χ4n) is 8.48. The Bertz CT molecular complexity index is 1660. The number of hydrogen-bond donors (Lipinski definition) is 3. The zero-order valence-corrected chi connectivity index (χ0v) is 26.2. The fourth-order valence-corrected chi connectivity index (χ4v) is 8.48. The summed E-state index contributed by atoms with van der Waals surface area (Å²) in [4.78, 5) is 79.9. The monoisotopic (exact) mass is 644 g/mol. The Morgan fingerprint density at radius 1 is 0.681 bits per heavy atom. The minimum atomic E-state index is -0.895. The van der Waals surface area contributed by atoms with Crippen molar-refractivity contribution >= 4 is 46.3 Å². The third-order valence-electron chi connectivity index (χ3n) is 10.6. The number of phenolic OH excluding ortho intramolecular Hbond substituents is 1. The van der Waals surface area contributed by atoms with E-state index in [-0.39, 0.29) is 61.7 Å². The van der Waals surface area contributed by atoms with Gasteiger partial charge in [-0.1, -0.05) is 60.9 Å². The van der Waals surface area contributed by atoms with Crippen molar-refractivity contribution in [3.8, 4) is 5.75 Å². The first-order valence-electron chi connectivity index (χ1n) is 16.6. The van der Waals surface area contributed by atoms with Crippen LogP contribution < -0.4 is 0 Å². The van der Waals surface area contributed by atoms with Crippen molar-refractivity contribution in [3.05, 3.63) is 53.6 Å². The molecule has 2 aromatic carbocycles. The third kappa shape index (κ3) is 5.92. The van der Waals surface area contributed by atoms with Gasteiger partial charge in [-0.05, 0) is 49.8 Å². The molecule has 4 amide bonds. The number of imide groups is 2. The molecule has 2 aliphatic carbocycles. The van der Waals surface area contributed by atoms with Gasteiger partial charge >= 0.3 is 11.9 Å². The molecule has 4 aliphatic rings. The van der Waals surface area contributed by atoms with Gasteiger partial charge in [-0.15, -0.1) is 0 Å². The summed E-state index contributed by atoms with van der Waals surface area (Å²) in [6, 6.07) is 11.0. The molecule has 2 aromatic rings. The fraction of sp³-hybridized carbons (Fsp3) is 0.500. The van der Waals surface area contributed by atoms with E-state index in [2.05, 4.69) is 0 Å². The molecule has 0 bridgehead atoms. The molecular weight excluding hydrogens is 604 g/mol. The van der Waals surface area contributed by atoms with Crippen LogP contribution in [0.15, 0.2) is 48.0 Å². The summed E-state index contributed by atoms with van der Waals surface area (Å²) < 4.78 is 0. The molecule has 6 rings (SSSR count). The van der Waals surface area contributed by atoms with Crippen molar-refractivity contribution in [2.75, 3.05) is 13.1 Å². The van der Waals surface area contributed by atoms with Gasteiger partial charge in [-0.25, -0.2) is 0 Å². The molecule has 3 fully saturated rings. The van der Waals surface area contributed by atoms with E-state index in [1.807, 2.05) is 30.3 Å². The van der Waals surface area contributed by atoms with Gasteiger partial charge in [0, 0.05) is 42.8 Å². The maximum atomic E-state index is 14.1. The van der Waals surface area contributed by atoms with E-state index in [4.69, 9.17) is 10.2 Å². The summed E-state index contributed by atoms with van der Waals surface area (Å²) in [5.41, 5.74) is 1.33. The van der Waals surface area contributed by atoms with E-state index in [1.54, 1.807) is 12.1 Å². The number of nitrogens with zero attached hydrogens (tertiary/aromatic N) is 2. The minimum Gasteiger partial charge on any atom is -0.507 e.